The van der Waals surface area contributed by atoms with E-state index in [-0.39, 0.29) is 0 Å². The summed E-state index contributed by atoms with van der Waals surface area (Å²) in [6.07, 6.45) is 3.66. The van der Waals surface area contributed by atoms with Crippen LogP contribution in [-0.2, 0) is 4.79 Å². The fraction of sp³-hybridized carbons (Fsp3) is 0.643. The number of urea groups is 1. The Hall–Kier alpha value is -2.05. The van der Waals surface area contributed by atoms with Gasteiger partial charge in [-0.25, -0.2) is 14.6 Å². The highest BCUT2D eigenvalue weighted by Crippen LogP contribution is 2.28. The van der Waals surface area contributed by atoms with Crippen LogP contribution in [0.25, 0.3) is 0 Å². The number of aromatic nitrogens is 1. The standard InChI is InChI=1S/C14H21N3O4/c1-9-8-15-11(21-9)10(2)16-13(20)17-7-5-4-6-14(17,3)12(18)19/h8,10H,4-7H2,1-3H3,(H,16,20)(H,18,19). The first-order chi connectivity index (χ1) is 9.84. The van der Waals surface area contributed by atoms with Gasteiger partial charge in [0.1, 0.15) is 17.3 Å². The smallest absolute Gasteiger partial charge is 0.329 e. The van der Waals surface area contributed by atoms with Gasteiger partial charge in [-0.1, -0.05) is 0 Å². The summed E-state index contributed by atoms with van der Waals surface area (Å²) in [7, 11) is 0. The summed E-state index contributed by atoms with van der Waals surface area (Å²) in [5.74, 6) is 0.103. The number of aryl methyl sites for hydroxylation is 1. The lowest BCUT2D eigenvalue weighted by atomic mass is 9.89. The van der Waals surface area contributed by atoms with E-state index in [1.165, 1.54) is 4.90 Å². The second-order valence-corrected chi connectivity index (χ2v) is 5.67. The molecule has 21 heavy (non-hydrogen) atoms. The second-order valence-electron chi connectivity index (χ2n) is 5.67. The summed E-state index contributed by atoms with van der Waals surface area (Å²) < 4.78 is 5.37. The van der Waals surface area contributed by atoms with Crippen molar-refractivity contribution >= 4 is 12.0 Å². The molecule has 1 saturated heterocycles. The SMILES string of the molecule is Cc1cnc(C(C)NC(=O)N2CCCCC2(C)C(=O)O)o1. The largest absolute Gasteiger partial charge is 0.480 e. The van der Waals surface area contributed by atoms with Crippen LogP contribution in [0.3, 0.4) is 0 Å². The van der Waals surface area contributed by atoms with Crippen LogP contribution in [0.2, 0.25) is 0 Å². The molecule has 1 aromatic heterocycles. The summed E-state index contributed by atoms with van der Waals surface area (Å²) in [6.45, 7) is 5.56. The molecule has 0 radical (unpaired) electrons. The van der Waals surface area contributed by atoms with Gasteiger partial charge in [0.25, 0.3) is 0 Å². The van der Waals surface area contributed by atoms with Crippen LogP contribution in [0, 0.1) is 6.92 Å². The molecule has 0 aromatic carbocycles. The van der Waals surface area contributed by atoms with Gasteiger partial charge in [0.2, 0.25) is 5.89 Å². The van der Waals surface area contributed by atoms with E-state index in [9.17, 15) is 14.7 Å². The number of nitrogens with zero attached hydrogens (tertiary/aromatic N) is 2. The number of hydrogen-bond donors (Lipinski definition) is 2. The molecule has 2 N–H and O–H groups in total. The van der Waals surface area contributed by atoms with E-state index in [2.05, 4.69) is 10.3 Å². The molecule has 0 saturated carbocycles. The van der Waals surface area contributed by atoms with E-state index in [1.54, 1.807) is 27.0 Å². The Morgan fingerprint density at radius 3 is 2.81 bits per heavy atom. The maximum absolute atomic E-state index is 12.4. The monoisotopic (exact) mass is 295 g/mol. The molecule has 1 aromatic rings. The summed E-state index contributed by atoms with van der Waals surface area (Å²) in [6, 6.07) is -0.811. The van der Waals surface area contributed by atoms with Gasteiger partial charge in [-0.2, -0.15) is 0 Å². The molecule has 1 aliphatic heterocycles. The predicted octanol–water partition coefficient (Wildman–Crippen LogP) is 2.08. The molecule has 2 rings (SSSR count). The van der Waals surface area contributed by atoms with Crippen LogP contribution in [0.4, 0.5) is 4.79 Å². The number of oxazole rings is 1. The van der Waals surface area contributed by atoms with Gasteiger partial charge in [0, 0.05) is 6.54 Å². The van der Waals surface area contributed by atoms with E-state index >= 15 is 0 Å². The van der Waals surface area contributed by atoms with Crippen LogP contribution in [-0.4, -0.2) is 39.1 Å². The molecular weight excluding hydrogens is 274 g/mol. The Balaban J connectivity index is 2.09. The van der Waals surface area contributed by atoms with E-state index in [4.69, 9.17) is 4.42 Å². The molecule has 7 heteroatoms. The number of carboxylic acids is 1. The first kappa shape index (κ1) is 15.3. The highest BCUT2D eigenvalue weighted by atomic mass is 16.4. The topological polar surface area (TPSA) is 95.7 Å². The number of carboxylic acid groups (broad SMARTS) is 1. The van der Waals surface area contributed by atoms with Crippen LogP contribution in [0.15, 0.2) is 10.6 Å². The minimum atomic E-state index is -1.16. The number of carbonyl (C=O) groups is 2. The molecular formula is C14H21N3O4. The van der Waals surface area contributed by atoms with Gasteiger partial charge >= 0.3 is 12.0 Å². The van der Waals surface area contributed by atoms with Crippen molar-refractivity contribution in [2.45, 2.75) is 51.6 Å². The number of hydrogen-bond acceptors (Lipinski definition) is 4. The summed E-state index contributed by atoms with van der Waals surface area (Å²) in [4.78, 5) is 29.4. The van der Waals surface area contributed by atoms with E-state index in [0.29, 0.717) is 24.6 Å². The van der Waals surface area contributed by atoms with Crippen LogP contribution in [0.5, 0.6) is 0 Å². The average molecular weight is 295 g/mol. The highest BCUT2D eigenvalue weighted by molar-refractivity contribution is 5.86. The molecule has 1 aliphatic rings. The number of piperidine rings is 1. The third-order valence-corrected chi connectivity index (χ3v) is 3.95. The molecule has 0 spiro atoms. The number of rotatable bonds is 3. The van der Waals surface area contributed by atoms with Gasteiger partial charge in [-0.15, -0.1) is 0 Å². The molecule has 1 fully saturated rings. The summed E-state index contributed by atoms with van der Waals surface area (Å²) in [5.41, 5.74) is -1.16. The minimum absolute atomic E-state index is 0.400. The quantitative estimate of drug-likeness (QED) is 0.890. The summed E-state index contributed by atoms with van der Waals surface area (Å²) in [5, 5.41) is 12.2. The molecule has 2 atom stereocenters. The predicted molar refractivity (Wildman–Crippen MR) is 74.8 cm³/mol. The van der Waals surface area contributed by atoms with Crippen molar-refractivity contribution < 1.29 is 19.1 Å². The zero-order chi connectivity index (χ0) is 15.6. The minimum Gasteiger partial charge on any atom is -0.480 e. The van der Waals surface area contributed by atoms with Gasteiger partial charge in [0.15, 0.2) is 0 Å². The first-order valence-corrected chi connectivity index (χ1v) is 7.08. The second kappa shape index (κ2) is 5.75. The van der Waals surface area contributed by atoms with Gasteiger partial charge in [-0.05, 0) is 40.0 Å². The van der Waals surface area contributed by atoms with Gasteiger partial charge in [-0.3, -0.25) is 0 Å². The number of aliphatic carboxylic acids is 1. The van der Waals surface area contributed by atoms with Crippen molar-refractivity contribution in [2.75, 3.05) is 6.54 Å². The van der Waals surface area contributed by atoms with E-state index in [0.717, 1.165) is 12.8 Å². The zero-order valence-electron chi connectivity index (χ0n) is 12.5. The Bertz CT molecular complexity index is 542. The first-order valence-electron chi connectivity index (χ1n) is 7.08. The molecule has 116 valence electrons. The Labute approximate surface area is 123 Å². The van der Waals surface area contributed by atoms with E-state index < -0.39 is 23.6 Å². The lowest BCUT2D eigenvalue weighted by Gasteiger charge is -2.41. The average Bonchev–Trinajstić information content (AvgIpc) is 2.85. The lowest BCUT2D eigenvalue weighted by Crippen LogP contribution is -2.60. The van der Waals surface area contributed by atoms with Crippen molar-refractivity contribution in [1.29, 1.82) is 0 Å². The highest BCUT2D eigenvalue weighted by Gasteiger charge is 2.44. The molecule has 0 bridgehead atoms. The van der Waals surface area contributed by atoms with Crippen molar-refractivity contribution in [3.05, 3.63) is 17.8 Å². The maximum atomic E-state index is 12.4. The lowest BCUT2D eigenvalue weighted by molar-refractivity contribution is -0.150. The Kier molecular flexibility index (Phi) is 4.20. The van der Waals surface area contributed by atoms with Crippen LogP contribution >= 0.6 is 0 Å². The molecule has 2 unspecified atom stereocenters. The fourth-order valence-corrected chi connectivity index (χ4v) is 2.57. The van der Waals surface area contributed by atoms with Crippen molar-refractivity contribution in [3.63, 3.8) is 0 Å². The molecule has 0 aliphatic carbocycles. The van der Waals surface area contributed by atoms with Gasteiger partial charge < -0.3 is 19.7 Å². The van der Waals surface area contributed by atoms with Gasteiger partial charge in [0.05, 0.1) is 6.20 Å². The molecule has 7 nitrogen and oxygen atoms in total. The normalized spacial score (nSPS) is 23.7. The van der Waals surface area contributed by atoms with Crippen molar-refractivity contribution in [2.24, 2.45) is 0 Å². The Morgan fingerprint density at radius 1 is 1.52 bits per heavy atom. The molecule has 2 heterocycles. The number of carbonyl (C=O) groups excluding carboxylic acids is 1. The van der Waals surface area contributed by atoms with Crippen molar-refractivity contribution in [3.8, 4) is 0 Å². The number of amides is 2. The summed E-state index contributed by atoms with van der Waals surface area (Å²) >= 11 is 0. The van der Waals surface area contributed by atoms with Crippen LogP contribution < -0.4 is 5.32 Å². The maximum Gasteiger partial charge on any atom is 0.329 e. The van der Waals surface area contributed by atoms with E-state index in [1.807, 2.05) is 0 Å². The molecule has 2 amide bonds. The fourth-order valence-electron chi connectivity index (χ4n) is 2.57. The number of likely N-dealkylation sites (tertiary alicyclic amines) is 1. The van der Waals surface area contributed by atoms with Crippen molar-refractivity contribution in [1.82, 2.24) is 15.2 Å². The zero-order valence-corrected chi connectivity index (χ0v) is 12.5. The van der Waals surface area contributed by atoms with Crippen LogP contribution in [0.1, 0.15) is 50.8 Å². The third kappa shape index (κ3) is 3.01. The Morgan fingerprint density at radius 2 is 2.24 bits per heavy atom. The number of nitrogens with one attached hydrogen (secondary N) is 1. The third-order valence-electron chi connectivity index (χ3n) is 3.95.